The summed E-state index contributed by atoms with van der Waals surface area (Å²) in [5.41, 5.74) is 5.45. The molecule has 3 nitrogen and oxygen atoms in total. The van der Waals surface area contributed by atoms with Crippen molar-refractivity contribution in [1.82, 2.24) is 0 Å². The van der Waals surface area contributed by atoms with Crippen LogP contribution in [0.2, 0.25) is 0 Å². The summed E-state index contributed by atoms with van der Waals surface area (Å²) in [4.78, 5) is 0. The third-order valence-corrected chi connectivity index (χ3v) is 3.25. The van der Waals surface area contributed by atoms with Crippen molar-refractivity contribution in [3.05, 3.63) is 0 Å². The second-order valence-electron chi connectivity index (χ2n) is 4.25. The van der Waals surface area contributed by atoms with Crippen molar-refractivity contribution in [1.29, 1.82) is 0 Å². The average molecular weight is 241 g/mol. The summed E-state index contributed by atoms with van der Waals surface area (Å²) in [6.07, 6.45) is -2.96. The van der Waals surface area contributed by atoms with Crippen LogP contribution in [-0.4, -0.2) is 38.6 Å². The SMILES string of the molecule is CC1OCCC1(CN)CCOCC(F)(F)F. The maximum absolute atomic E-state index is 11.8. The molecular weight excluding hydrogens is 223 g/mol. The maximum atomic E-state index is 11.8. The van der Waals surface area contributed by atoms with E-state index in [1.165, 1.54) is 0 Å². The highest BCUT2D eigenvalue weighted by atomic mass is 19.4. The number of halogens is 3. The minimum Gasteiger partial charge on any atom is -0.378 e. The Kier molecular flexibility index (Phi) is 4.58. The highest BCUT2D eigenvalue weighted by Crippen LogP contribution is 2.37. The zero-order valence-electron chi connectivity index (χ0n) is 9.35. The molecule has 1 saturated heterocycles. The molecule has 16 heavy (non-hydrogen) atoms. The Balaban J connectivity index is 2.30. The second-order valence-corrected chi connectivity index (χ2v) is 4.25. The molecule has 0 radical (unpaired) electrons. The third-order valence-electron chi connectivity index (χ3n) is 3.25. The van der Waals surface area contributed by atoms with Gasteiger partial charge in [0, 0.05) is 25.2 Å². The molecular formula is C10H18F3NO2. The molecule has 2 N–H and O–H groups in total. The lowest BCUT2D eigenvalue weighted by Crippen LogP contribution is -2.38. The van der Waals surface area contributed by atoms with Crippen LogP contribution < -0.4 is 5.73 Å². The predicted octanol–water partition coefficient (Wildman–Crippen LogP) is 1.71. The Morgan fingerprint density at radius 3 is 2.62 bits per heavy atom. The first-order chi connectivity index (χ1) is 7.40. The van der Waals surface area contributed by atoms with Gasteiger partial charge in [0.25, 0.3) is 0 Å². The summed E-state index contributed by atoms with van der Waals surface area (Å²) in [7, 11) is 0. The molecule has 96 valence electrons. The summed E-state index contributed by atoms with van der Waals surface area (Å²) in [5.74, 6) is 0. The van der Waals surface area contributed by atoms with E-state index in [2.05, 4.69) is 4.74 Å². The molecule has 0 aromatic rings. The molecule has 6 heteroatoms. The van der Waals surface area contributed by atoms with E-state index in [1.807, 2.05) is 6.92 Å². The molecule has 1 aliphatic rings. The highest BCUT2D eigenvalue weighted by molar-refractivity contribution is 4.90. The summed E-state index contributed by atoms with van der Waals surface area (Å²) < 4.78 is 45.5. The molecule has 1 rings (SSSR count). The molecule has 2 unspecified atom stereocenters. The Bertz CT molecular complexity index is 223. The fraction of sp³-hybridized carbons (Fsp3) is 1.00. The molecule has 0 aromatic carbocycles. The Hall–Kier alpha value is -0.330. The van der Waals surface area contributed by atoms with E-state index in [9.17, 15) is 13.2 Å². The standard InChI is InChI=1S/C10H18F3NO2/c1-8-9(6-14,3-5-16-8)2-4-15-7-10(11,12)13/h8H,2-7,14H2,1H3. The van der Waals surface area contributed by atoms with Crippen molar-refractivity contribution < 1.29 is 22.6 Å². The maximum Gasteiger partial charge on any atom is 0.411 e. The molecule has 1 fully saturated rings. The predicted molar refractivity (Wildman–Crippen MR) is 53.0 cm³/mol. The number of hydrogen-bond donors (Lipinski definition) is 1. The van der Waals surface area contributed by atoms with E-state index in [1.54, 1.807) is 0 Å². The number of nitrogens with two attached hydrogens (primary N) is 1. The zero-order chi connectivity index (χ0) is 12.2. The minimum atomic E-state index is -4.26. The number of rotatable bonds is 5. The number of alkyl halides is 3. The molecule has 0 bridgehead atoms. The van der Waals surface area contributed by atoms with E-state index in [4.69, 9.17) is 10.5 Å². The van der Waals surface area contributed by atoms with E-state index < -0.39 is 12.8 Å². The van der Waals surface area contributed by atoms with Gasteiger partial charge in [0.15, 0.2) is 0 Å². The van der Waals surface area contributed by atoms with Gasteiger partial charge in [-0.2, -0.15) is 13.2 Å². The quantitative estimate of drug-likeness (QED) is 0.745. The van der Waals surface area contributed by atoms with Crippen molar-refractivity contribution in [3.8, 4) is 0 Å². The van der Waals surface area contributed by atoms with Crippen molar-refractivity contribution in [2.24, 2.45) is 11.1 Å². The first kappa shape index (κ1) is 13.7. The first-order valence-electron chi connectivity index (χ1n) is 5.36. The van der Waals surface area contributed by atoms with Crippen LogP contribution in [0.4, 0.5) is 13.2 Å². The first-order valence-corrected chi connectivity index (χ1v) is 5.36. The van der Waals surface area contributed by atoms with Gasteiger partial charge in [-0.3, -0.25) is 0 Å². The Morgan fingerprint density at radius 1 is 1.50 bits per heavy atom. The van der Waals surface area contributed by atoms with Crippen LogP contribution in [0.5, 0.6) is 0 Å². The van der Waals surface area contributed by atoms with E-state index in [-0.39, 0.29) is 18.1 Å². The van der Waals surface area contributed by atoms with Gasteiger partial charge in [-0.15, -0.1) is 0 Å². The van der Waals surface area contributed by atoms with Crippen molar-refractivity contribution in [2.75, 3.05) is 26.4 Å². The second kappa shape index (κ2) is 5.33. The van der Waals surface area contributed by atoms with E-state index in [0.29, 0.717) is 19.6 Å². The monoisotopic (exact) mass is 241 g/mol. The highest BCUT2D eigenvalue weighted by Gasteiger charge is 2.40. The van der Waals surface area contributed by atoms with Crippen molar-refractivity contribution in [2.45, 2.75) is 32.0 Å². The van der Waals surface area contributed by atoms with Crippen LogP contribution in [0.15, 0.2) is 0 Å². The molecule has 0 spiro atoms. The van der Waals surface area contributed by atoms with E-state index >= 15 is 0 Å². The van der Waals surface area contributed by atoms with Crippen LogP contribution in [0.25, 0.3) is 0 Å². The van der Waals surface area contributed by atoms with Gasteiger partial charge in [0.05, 0.1) is 6.10 Å². The summed E-state index contributed by atoms with van der Waals surface area (Å²) >= 11 is 0. The number of hydrogen-bond acceptors (Lipinski definition) is 3. The largest absolute Gasteiger partial charge is 0.411 e. The lowest BCUT2D eigenvalue weighted by molar-refractivity contribution is -0.175. The van der Waals surface area contributed by atoms with Gasteiger partial charge >= 0.3 is 6.18 Å². The molecule has 0 saturated carbocycles. The molecule has 1 aliphatic heterocycles. The molecule has 0 aromatic heterocycles. The summed E-state index contributed by atoms with van der Waals surface area (Å²) in [6.45, 7) is 1.83. The lowest BCUT2D eigenvalue weighted by Gasteiger charge is -2.30. The van der Waals surface area contributed by atoms with Crippen molar-refractivity contribution in [3.63, 3.8) is 0 Å². The fourth-order valence-corrected chi connectivity index (χ4v) is 1.98. The molecule has 0 aliphatic carbocycles. The zero-order valence-corrected chi connectivity index (χ0v) is 9.35. The topological polar surface area (TPSA) is 44.5 Å². The fourth-order valence-electron chi connectivity index (χ4n) is 1.98. The van der Waals surface area contributed by atoms with Gasteiger partial charge in [0.2, 0.25) is 0 Å². The van der Waals surface area contributed by atoms with Gasteiger partial charge in [-0.25, -0.2) is 0 Å². The van der Waals surface area contributed by atoms with Crippen molar-refractivity contribution >= 4 is 0 Å². The minimum absolute atomic E-state index is 0.00742. The Morgan fingerprint density at radius 2 is 2.19 bits per heavy atom. The normalized spacial score (nSPS) is 30.9. The van der Waals surface area contributed by atoms with Gasteiger partial charge in [-0.05, 0) is 19.8 Å². The van der Waals surface area contributed by atoms with Gasteiger partial charge < -0.3 is 15.2 Å². The number of ether oxygens (including phenoxy) is 2. The lowest BCUT2D eigenvalue weighted by atomic mass is 9.79. The van der Waals surface area contributed by atoms with Crippen LogP contribution in [0.1, 0.15) is 19.8 Å². The summed E-state index contributed by atoms with van der Waals surface area (Å²) in [5, 5.41) is 0. The van der Waals surface area contributed by atoms with Crippen LogP contribution in [0, 0.1) is 5.41 Å². The Labute approximate surface area is 93.1 Å². The van der Waals surface area contributed by atoms with Crippen LogP contribution >= 0.6 is 0 Å². The molecule has 1 heterocycles. The van der Waals surface area contributed by atoms with Gasteiger partial charge in [-0.1, -0.05) is 0 Å². The van der Waals surface area contributed by atoms with Crippen LogP contribution in [-0.2, 0) is 9.47 Å². The third kappa shape index (κ3) is 3.61. The van der Waals surface area contributed by atoms with Gasteiger partial charge in [0.1, 0.15) is 6.61 Å². The van der Waals surface area contributed by atoms with E-state index in [0.717, 1.165) is 6.42 Å². The summed E-state index contributed by atoms with van der Waals surface area (Å²) in [6, 6.07) is 0. The van der Waals surface area contributed by atoms with Crippen LogP contribution in [0.3, 0.4) is 0 Å². The smallest absolute Gasteiger partial charge is 0.378 e. The molecule has 0 amide bonds. The molecule has 2 atom stereocenters. The average Bonchev–Trinajstić information content (AvgIpc) is 2.54.